The van der Waals surface area contributed by atoms with E-state index in [1.54, 1.807) is 18.3 Å². The summed E-state index contributed by atoms with van der Waals surface area (Å²) < 4.78 is 7.92. The molecule has 7 nitrogen and oxygen atoms in total. The van der Waals surface area contributed by atoms with Crippen LogP contribution in [0.3, 0.4) is 0 Å². The lowest BCUT2D eigenvalue weighted by Gasteiger charge is -2.21. The van der Waals surface area contributed by atoms with Gasteiger partial charge in [-0.15, -0.1) is 0 Å². The summed E-state index contributed by atoms with van der Waals surface area (Å²) in [5.74, 6) is 1.27. The van der Waals surface area contributed by atoms with Crippen molar-refractivity contribution in [3.63, 3.8) is 0 Å². The summed E-state index contributed by atoms with van der Waals surface area (Å²) in [4.78, 5) is 16.9. The van der Waals surface area contributed by atoms with E-state index in [0.717, 1.165) is 24.4 Å². The van der Waals surface area contributed by atoms with E-state index < -0.39 is 0 Å². The van der Waals surface area contributed by atoms with Crippen molar-refractivity contribution in [1.29, 1.82) is 0 Å². The zero-order valence-corrected chi connectivity index (χ0v) is 15.7. The Labute approximate surface area is 167 Å². The van der Waals surface area contributed by atoms with Gasteiger partial charge >= 0.3 is 0 Å². The minimum absolute atomic E-state index is 0.0725. The number of phenols is 1. The van der Waals surface area contributed by atoms with Crippen LogP contribution in [0.2, 0.25) is 5.02 Å². The monoisotopic (exact) mass is 401 g/mol. The molecule has 1 aromatic carbocycles. The number of aromatic hydroxyl groups is 1. The molecule has 0 radical (unpaired) electrons. The molecule has 2 atom stereocenters. The van der Waals surface area contributed by atoms with Crippen LogP contribution in [0.5, 0.6) is 5.75 Å². The molecule has 0 spiro atoms. The van der Waals surface area contributed by atoms with Crippen LogP contribution in [0, 0.1) is 5.92 Å². The van der Waals surface area contributed by atoms with Gasteiger partial charge in [-0.3, -0.25) is 9.78 Å². The standard InChI is InChI=1S/C19H18ClN3O2.CH2O2/c20-16-10-14(1-2-18(16)24)19-22-7-8-23(19)17-12-25-11-15(17)9-13-3-5-21-6-4-13;2-1-3/h1-8,10,15,17,24H,9,11-12H2;1H,(H,2,3)/t15-,17+;/m0./s1. The van der Waals surface area contributed by atoms with E-state index in [9.17, 15) is 5.11 Å². The molecular formula is C20H20ClN3O4. The zero-order chi connectivity index (χ0) is 19.9. The molecule has 1 fully saturated rings. The highest BCUT2D eigenvalue weighted by Gasteiger charge is 2.31. The van der Waals surface area contributed by atoms with Gasteiger partial charge in [-0.2, -0.15) is 0 Å². The summed E-state index contributed by atoms with van der Waals surface area (Å²) in [6, 6.07) is 9.46. The van der Waals surface area contributed by atoms with Gasteiger partial charge in [0.25, 0.3) is 6.47 Å². The zero-order valence-electron chi connectivity index (χ0n) is 15.0. The van der Waals surface area contributed by atoms with Crippen molar-refractivity contribution in [3.05, 3.63) is 65.7 Å². The van der Waals surface area contributed by atoms with Gasteiger partial charge in [0.2, 0.25) is 0 Å². The molecule has 0 unspecified atom stereocenters. The normalized spacial score (nSPS) is 18.3. The van der Waals surface area contributed by atoms with E-state index in [-0.39, 0.29) is 18.3 Å². The predicted octanol–water partition coefficient (Wildman–Crippen LogP) is 3.44. The number of halogens is 1. The second-order valence-corrected chi connectivity index (χ2v) is 6.76. The number of imidazole rings is 1. The largest absolute Gasteiger partial charge is 0.506 e. The number of phenolic OH excluding ortho intramolecular Hbond substituents is 1. The van der Waals surface area contributed by atoms with Crippen molar-refractivity contribution in [2.24, 2.45) is 5.92 Å². The minimum Gasteiger partial charge on any atom is -0.506 e. The van der Waals surface area contributed by atoms with Gasteiger partial charge in [0, 0.05) is 36.3 Å². The lowest BCUT2D eigenvalue weighted by atomic mass is 9.95. The number of carboxylic acid groups (broad SMARTS) is 1. The molecule has 0 aliphatic carbocycles. The molecule has 8 heteroatoms. The van der Waals surface area contributed by atoms with Crippen molar-refractivity contribution in [3.8, 4) is 17.1 Å². The first-order chi connectivity index (χ1) is 13.6. The first kappa shape index (κ1) is 19.9. The molecule has 2 aromatic heterocycles. The summed E-state index contributed by atoms with van der Waals surface area (Å²) in [5.41, 5.74) is 2.13. The number of hydrogen-bond donors (Lipinski definition) is 2. The average Bonchev–Trinajstić information content (AvgIpc) is 3.34. The molecule has 2 N–H and O–H groups in total. The lowest BCUT2D eigenvalue weighted by Crippen LogP contribution is -2.20. The number of carbonyl (C=O) groups is 1. The molecule has 4 rings (SSSR count). The number of aromatic nitrogens is 3. The van der Waals surface area contributed by atoms with E-state index in [4.69, 9.17) is 26.2 Å². The Bertz CT molecular complexity index is 917. The molecule has 0 saturated carbocycles. The molecule has 1 aliphatic rings. The van der Waals surface area contributed by atoms with Crippen molar-refractivity contribution in [2.75, 3.05) is 13.2 Å². The fraction of sp³-hybridized carbons (Fsp3) is 0.250. The third-order valence-corrected chi connectivity index (χ3v) is 4.95. The maximum atomic E-state index is 9.64. The fourth-order valence-electron chi connectivity index (χ4n) is 3.36. The third-order valence-electron chi connectivity index (χ3n) is 4.64. The first-order valence-corrected chi connectivity index (χ1v) is 9.08. The van der Waals surface area contributed by atoms with Crippen molar-refractivity contribution < 1.29 is 19.7 Å². The third kappa shape index (κ3) is 4.49. The van der Waals surface area contributed by atoms with Gasteiger partial charge in [-0.25, -0.2) is 4.98 Å². The van der Waals surface area contributed by atoms with Crippen LogP contribution in [0.25, 0.3) is 11.4 Å². The van der Waals surface area contributed by atoms with Gasteiger partial charge in [0.1, 0.15) is 11.6 Å². The average molecular weight is 402 g/mol. The number of ether oxygens (including phenoxy) is 1. The molecule has 28 heavy (non-hydrogen) atoms. The number of benzene rings is 1. The van der Waals surface area contributed by atoms with E-state index >= 15 is 0 Å². The summed E-state index contributed by atoms with van der Waals surface area (Å²) in [5, 5.41) is 16.9. The molecule has 1 aliphatic heterocycles. The van der Waals surface area contributed by atoms with E-state index in [0.29, 0.717) is 17.5 Å². The second-order valence-electron chi connectivity index (χ2n) is 6.35. The van der Waals surface area contributed by atoms with Gasteiger partial charge in [-0.1, -0.05) is 11.6 Å². The molecule has 1 saturated heterocycles. The fourth-order valence-corrected chi connectivity index (χ4v) is 3.54. The molecule has 3 aromatic rings. The summed E-state index contributed by atoms with van der Waals surface area (Å²) in [7, 11) is 0. The molecular weight excluding hydrogens is 382 g/mol. The van der Waals surface area contributed by atoms with Crippen molar-refractivity contribution in [1.82, 2.24) is 14.5 Å². The highest BCUT2D eigenvalue weighted by atomic mass is 35.5. The second kappa shape index (κ2) is 9.34. The number of nitrogens with zero attached hydrogens (tertiary/aromatic N) is 3. The van der Waals surface area contributed by atoms with E-state index in [1.807, 2.05) is 36.8 Å². The van der Waals surface area contributed by atoms with E-state index in [1.165, 1.54) is 5.56 Å². The molecule has 0 amide bonds. The maximum absolute atomic E-state index is 9.64. The quantitative estimate of drug-likeness (QED) is 0.650. The van der Waals surface area contributed by atoms with Gasteiger partial charge in [0.05, 0.1) is 24.3 Å². The summed E-state index contributed by atoms with van der Waals surface area (Å²) in [6.07, 6.45) is 8.34. The van der Waals surface area contributed by atoms with Crippen molar-refractivity contribution >= 4 is 18.1 Å². The van der Waals surface area contributed by atoms with Crippen LogP contribution in [0.15, 0.2) is 55.1 Å². The van der Waals surface area contributed by atoms with Crippen LogP contribution in [0.1, 0.15) is 11.6 Å². The molecule has 3 heterocycles. The van der Waals surface area contributed by atoms with E-state index in [2.05, 4.69) is 14.5 Å². The highest BCUT2D eigenvalue weighted by Crippen LogP contribution is 2.34. The smallest absolute Gasteiger partial charge is 0.290 e. The Morgan fingerprint density at radius 3 is 2.68 bits per heavy atom. The van der Waals surface area contributed by atoms with Crippen LogP contribution in [-0.4, -0.2) is 44.4 Å². The highest BCUT2D eigenvalue weighted by molar-refractivity contribution is 6.32. The Hall–Kier alpha value is -2.90. The number of pyridine rings is 1. The minimum atomic E-state index is -0.250. The molecule has 146 valence electrons. The van der Waals surface area contributed by atoms with Crippen molar-refractivity contribution in [2.45, 2.75) is 12.5 Å². The van der Waals surface area contributed by atoms with Gasteiger partial charge in [0.15, 0.2) is 0 Å². The number of hydrogen-bond acceptors (Lipinski definition) is 5. The lowest BCUT2D eigenvalue weighted by molar-refractivity contribution is -0.122. The Kier molecular flexibility index (Phi) is 6.62. The maximum Gasteiger partial charge on any atom is 0.290 e. The van der Waals surface area contributed by atoms with Gasteiger partial charge in [-0.05, 0) is 42.3 Å². The van der Waals surface area contributed by atoms with Gasteiger partial charge < -0.3 is 19.5 Å². The van der Waals surface area contributed by atoms with Crippen LogP contribution >= 0.6 is 11.6 Å². The topological polar surface area (TPSA) is 97.5 Å². The Balaban J connectivity index is 0.000000706. The summed E-state index contributed by atoms with van der Waals surface area (Å²) >= 11 is 6.06. The van der Waals surface area contributed by atoms with Crippen LogP contribution < -0.4 is 0 Å². The number of rotatable bonds is 4. The molecule has 0 bridgehead atoms. The van der Waals surface area contributed by atoms with Crippen LogP contribution in [0.4, 0.5) is 0 Å². The van der Waals surface area contributed by atoms with Crippen LogP contribution in [-0.2, 0) is 16.0 Å². The Morgan fingerprint density at radius 2 is 1.96 bits per heavy atom. The predicted molar refractivity (Wildman–Crippen MR) is 104 cm³/mol. The first-order valence-electron chi connectivity index (χ1n) is 8.70. The SMILES string of the molecule is O=CO.Oc1ccc(-c2nccn2[C@@H]2COC[C@@H]2Cc2ccncc2)cc1Cl. The Morgan fingerprint density at radius 1 is 1.21 bits per heavy atom. The summed E-state index contributed by atoms with van der Waals surface area (Å²) in [6.45, 7) is 1.13.